The normalized spacial score (nSPS) is 11.2. The fraction of sp³-hybridized carbons (Fsp3) is 0. The van der Waals surface area contributed by atoms with Gasteiger partial charge in [0.15, 0.2) is 11.6 Å². The van der Waals surface area contributed by atoms with Crippen molar-refractivity contribution < 1.29 is 9.34 Å². The molecule has 0 atom stereocenters. The second kappa shape index (κ2) is 6.26. The van der Waals surface area contributed by atoms with Crippen LogP contribution < -0.4 is 0 Å². The van der Waals surface area contributed by atoms with E-state index in [2.05, 4.69) is 31.2 Å². The lowest BCUT2D eigenvalue weighted by molar-refractivity contribution is -0.402. The molecule has 0 unspecified atom stereocenters. The summed E-state index contributed by atoms with van der Waals surface area (Å²) in [5.41, 5.74) is 0.800. The highest BCUT2D eigenvalue weighted by atomic mass is 79.9. The molecule has 0 fully saturated rings. The van der Waals surface area contributed by atoms with Crippen molar-refractivity contribution in [2.75, 3.05) is 0 Å². The van der Waals surface area contributed by atoms with Crippen LogP contribution in [-0.4, -0.2) is 26.0 Å². The Morgan fingerprint density at radius 2 is 2.26 bits per heavy atom. The van der Waals surface area contributed by atoms with Crippen LogP contribution in [-0.2, 0) is 0 Å². The van der Waals surface area contributed by atoms with Crippen LogP contribution in [0.15, 0.2) is 50.4 Å². The molecule has 1 N–H and O–H groups in total. The highest BCUT2D eigenvalue weighted by Gasteiger charge is 2.11. The van der Waals surface area contributed by atoms with Crippen molar-refractivity contribution in [2.45, 2.75) is 0 Å². The first-order chi connectivity index (χ1) is 11.0. The zero-order valence-corrected chi connectivity index (χ0v) is 13.7. The van der Waals surface area contributed by atoms with Crippen LogP contribution in [0, 0.1) is 14.9 Å². The third-order valence-corrected chi connectivity index (χ3v) is 3.58. The number of nitro groups is 1. The number of aromatic amines is 1. The van der Waals surface area contributed by atoms with Gasteiger partial charge < -0.3 is 4.42 Å². The zero-order chi connectivity index (χ0) is 16.4. The molecule has 0 spiro atoms. The Balaban J connectivity index is 1.97. The lowest BCUT2D eigenvalue weighted by Gasteiger charge is -2.00. The minimum Gasteiger partial charge on any atom is -0.400 e. The summed E-state index contributed by atoms with van der Waals surface area (Å²) in [6.45, 7) is 0. The SMILES string of the molecule is O=[N+]([O-])c1ccc(/C=N\n2c(-c3cccc(Br)c3)n[nH]c2=S)o1. The minimum absolute atomic E-state index is 0.236. The van der Waals surface area contributed by atoms with Crippen LogP contribution >= 0.6 is 28.1 Å². The van der Waals surface area contributed by atoms with Gasteiger partial charge in [0.25, 0.3) is 0 Å². The molecule has 8 nitrogen and oxygen atoms in total. The van der Waals surface area contributed by atoms with Crippen LogP contribution in [0.3, 0.4) is 0 Å². The molecule has 0 amide bonds. The van der Waals surface area contributed by atoms with E-state index in [1.807, 2.05) is 24.3 Å². The fourth-order valence-electron chi connectivity index (χ4n) is 1.84. The Kier molecular flexibility index (Phi) is 4.17. The third-order valence-electron chi connectivity index (χ3n) is 2.83. The van der Waals surface area contributed by atoms with Crippen LogP contribution in [0.1, 0.15) is 5.76 Å². The largest absolute Gasteiger partial charge is 0.433 e. The van der Waals surface area contributed by atoms with Crippen LogP contribution in [0.5, 0.6) is 0 Å². The summed E-state index contributed by atoms with van der Waals surface area (Å²) in [6.07, 6.45) is 1.33. The summed E-state index contributed by atoms with van der Waals surface area (Å²) in [7, 11) is 0. The van der Waals surface area contributed by atoms with E-state index in [4.69, 9.17) is 16.6 Å². The topological polar surface area (TPSA) is 102 Å². The van der Waals surface area contributed by atoms with Crippen LogP contribution in [0.25, 0.3) is 11.4 Å². The fourth-order valence-corrected chi connectivity index (χ4v) is 2.42. The van der Waals surface area contributed by atoms with Gasteiger partial charge in [0.05, 0.1) is 12.3 Å². The van der Waals surface area contributed by atoms with E-state index >= 15 is 0 Å². The maximum absolute atomic E-state index is 10.6. The summed E-state index contributed by atoms with van der Waals surface area (Å²) < 4.78 is 7.60. The van der Waals surface area contributed by atoms with E-state index in [1.165, 1.54) is 23.0 Å². The van der Waals surface area contributed by atoms with Gasteiger partial charge in [0.2, 0.25) is 4.77 Å². The van der Waals surface area contributed by atoms with E-state index in [0.29, 0.717) is 5.82 Å². The van der Waals surface area contributed by atoms with Crippen molar-refractivity contribution in [2.24, 2.45) is 5.10 Å². The summed E-state index contributed by atoms with van der Waals surface area (Å²) in [6, 6.07) is 10.2. The number of benzene rings is 1. The molecule has 0 aliphatic carbocycles. The molecular formula is C13H8BrN5O3S. The Labute approximate surface area is 142 Å². The molecule has 2 heterocycles. The molecule has 0 radical (unpaired) electrons. The number of H-pyrrole nitrogens is 1. The number of halogens is 1. The summed E-state index contributed by atoms with van der Waals surface area (Å²) in [5, 5.41) is 21.6. The molecule has 116 valence electrons. The lowest BCUT2D eigenvalue weighted by Crippen LogP contribution is -1.94. The highest BCUT2D eigenvalue weighted by Crippen LogP contribution is 2.21. The maximum atomic E-state index is 10.6. The molecule has 3 rings (SSSR count). The van der Waals surface area contributed by atoms with Gasteiger partial charge in [-0.25, -0.2) is 5.10 Å². The highest BCUT2D eigenvalue weighted by molar-refractivity contribution is 9.10. The standard InChI is InChI=1S/C13H8BrN5O3S/c14-9-3-1-2-8(6-9)12-16-17-13(23)18(12)15-7-10-4-5-11(22-10)19(20)21/h1-7H,(H,17,23)/b15-7-. The van der Waals surface area contributed by atoms with E-state index in [9.17, 15) is 10.1 Å². The second-order valence-electron chi connectivity index (χ2n) is 4.35. The van der Waals surface area contributed by atoms with E-state index in [-0.39, 0.29) is 16.4 Å². The average molecular weight is 394 g/mol. The molecule has 2 aromatic heterocycles. The molecule has 0 aliphatic heterocycles. The van der Waals surface area contributed by atoms with Gasteiger partial charge in [0.1, 0.15) is 4.92 Å². The number of hydrogen-bond donors (Lipinski definition) is 1. The molecule has 0 aliphatic rings. The Morgan fingerprint density at radius 1 is 1.43 bits per heavy atom. The smallest absolute Gasteiger partial charge is 0.400 e. The van der Waals surface area contributed by atoms with Gasteiger partial charge in [-0.1, -0.05) is 28.1 Å². The van der Waals surface area contributed by atoms with Crippen LogP contribution in [0.4, 0.5) is 5.88 Å². The van der Waals surface area contributed by atoms with Crippen LogP contribution in [0.2, 0.25) is 0 Å². The molecule has 1 aromatic carbocycles. The third kappa shape index (κ3) is 3.27. The van der Waals surface area contributed by atoms with Gasteiger partial charge in [-0.05, 0) is 30.4 Å². The number of aromatic nitrogens is 3. The summed E-state index contributed by atoms with van der Waals surface area (Å²) >= 11 is 8.54. The quantitative estimate of drug-likeness (QED) is 0.314. The molecule has 0 saturated heterocycles. The minimum atomic E-state index is -0.617. The van der Waals surface area contributed by atoms with Crippen molar-refractivity contribution in [3.8, 4) is 11.4 Å². The summed E-state index contributed by atoms with van der Waals surface area (Å²) in [4.78, 5) is 9.98. The van der Waals surface area contributed by atoms with Gasteiger partial charge >= 0.3 is 5.88 Å². The van der Waals surface area contributed by atoms with Crippen molar-refractivity contribution in [1.29, 1.82) is 0 Å². The number of hydrogen-bond acceptors (Lipinski definition) is 6. The molecular weight excluding hydrogens is 386 g/mol. The van der Waals surface area contributed by atoms with Gasteiger partial charge in [0, 0.05) is 10.0 Å². The molecule has 23 heavy (non-hydrogen) atoms. The summed E-state index contributed by atoms with van der Waals surface area (Å²) in [5.74, 6) is 0.392. The maximum Gasteiger partial charge on any atom is 0.433 e. The van der Waals surface area contributed by atoms with Crippen molar-refractivity contribution >= 4 is 40.2 Å². The molecule has 0 bridgehead atoms. The number of nitrogens with zero attached hydrogens (tertiary/aromatic N) is 4. The van der Waals surface area contributed by atoms with Crippen molar-refractivity contribution in [3.05, 3.63) is 61.5 Å². The average Bonchev–Trinajstić information content (AvgIpc) is 3.12. The predicted octanol–water partition coefficient (Wildman–Crippen LogP) is 3.75. The van der Waals surface area contributed by atoms with Gasteiger partial charge in [-0.2, -0.15) is 14.9 Å². The number of nitrogens with one attached hydrogen (secondary N) is 1. The first kappa shape index (κ1) is 15.3. The van der Waals surface area contributed by atoms with E-state index in [1.54, 1.807) is 0 Å². The molecule has 10 heteroatoms. The van der Waals surface area contributed by atoms with Gasteiger partial charge in [-0.3, -0.25) is 10.1 Å². The lowest BCUT2D eigenvalue weighted by atomic mass is 10.2. The Morgan fingerprint density at radius 3 is 2.96 bits per heavy atom. The monoisotopic (exact) mass is 393 g/mol. The number of furan rings is 1. The van der Waals surface area contributed by atoms with Gasteiger partial charge in [-0.15, -0.1) is 0 Å². The van der Waals surface area contributed by atoms with E-state index in [0.717, 1.165) is 10.0 Å². The predicted molar refractivity (Wildman–Crippen MR) is 88.9 cm³/mol. The first-order valence-corrected chi connectivity index (χ1v) is 7.46. The second-order valence-corrected chi connectivity index (χ2v) is 5.65. The van der Waals surface area contributed by atoms with E-state index < -0.39 is 4.92 Å². The van der Waals surface area contributed by atoms with Crippen molar-refractivity contribution in [1.82, 2.24) is 14.9 Å². The Hall–Kier alpha value is -2.59. The number of rotatable bonds is 4. The Bertz CT molecular complexity index is 958. The molecule has 3 aromatic rings. The first-order valence-electron chi connectivity index (χ1n) is 6.26. The van der Waals surface area contributed by atoms with Crippen molar-refractivity contribution in [3.63, 3.8) is 0 Å². The molecule has 0 saturated carbocycles. The zero-order valence-electron chi connectivity index (χ0n) is 11.3.